The molecule has 0 aliphatic rings. The van der Waals surface area contributed by atoms with Crippen LogP contribution in [0, 0.1) is 6.92 Å². The number of nitrogens with one attached hydrogen (secondary N) is 1. The first kappa shape index (κ1) is 15.9. The molecule has 2 aromatic rings. The fraction of sp³-hybridized carbons (Fsp3) is 0.412. The summed E-state index contributed by atoms with van der Waals surface area (Å²) in [5.74, 6) is 2.50. The fourth-order valence-corrected chi connectivity index (χ4v) is 1.99. The molecule has 0 atom stereocenters. The van der Waals surface area contributed by atoms with Crippen molar-refractivity contribution in [3.05, 3.63) is 52.4 Å². The third-order valence-electron chi connectivity index (χ3n) is 3.03. The maximum absolute atomic E-state index is 5.97. The largest absolute Gasteiger partial charge is 0.485 e. The monoisotopic (exact) mass is 307 g/mol. The molecule has 114 valence electrons. The van der Waals surface area contributed by atoms with Crippen LogP contribution in [-0.2, 0) is 13.2 Å². The van der Waals surface area contributed by atoms with E-state index < -0.39 is 0 Å². The van der Waals surface area contributed by atoms with Crippen LogP contribution < -0.4 is 10.1 Å². The van der Waals surface area contributed by atoms with E-state index in [0.29, 0.717) is 18.2 Å². The molecule has 0 spiro atoms. The van der Waals surface area contributed by atoms with E-state index in [1.54, 1.807) is 0 Å². The number of furan rings is 1. The van der Waals surface area contributed by atoms with Gasteiger partial charge in [0, 0.05) is 10.6 Å². The predicted octanol–water partition coefficient (Wildman–Crippen LogP) is 4.71. The molecular weight excluding hydrogens is 286 g/mol. The van der Waals surface area contributed by atoms with Crippen molar-refractivity contribution in [2.45, 2.75) is 46.4 Å². The van der Waals surface area contributed by atoms with Crippen LogP contribution in [0.4, 0.5) is 0 Å². The lowest BCUT2D eigenvalue weighted by atomic mass is 10.1. The summed E-state index contributed by atoms with van der Waals surface area (Å²) in [6.45, 7) is 9.48. The zero-order valence-electron chi connectivity index (χ0n) is 13.0. The molecule has 2 rings (SSSR count). The van der Waals surface area contributed by atoms with E-state index in [1.165, 1.54) is 0 Å². The van der Waals surface area contributed by atoms with Gasteiger partial charge in [-0.05, 0) is 57.5 Å². The van der Waals surface area contributed by atoms with Gasteiger partial charge in [-0.3, -0.25) is 0 Å². The molecule has 4 heteroatoms. The second kappa shape index (κ2) is 6.54. The first-order chi connectivity index (χ1) is 9.83. The van der Waals surface area contributed by atoms with Gasteiger partial charge in [-0.2, -0.15) is 0 Å². The van der Waals surface area contributed by atoms with Crippen LogP contribution in [0.15, 0.2) is 34.7 Å². The second-order valence-corrected chi connectivity index (χ2v) is 6.61. The van der Waals surface area contributed by atoms with Gasteiger partial charge < -0.3 is 14.5 Å². The highest BCUT2D eigenvalue weighted by atomic mass is 35.5. The van der Waals surface area contributed by atoms with E-state index in [0.717, 1.165) is 22.8 Å². The van der Waals surface area contributed by atoms with Crippen molar-refractivity contribution in [2.75, 3.05) is 0 Å². The molecule has 0 saturated heterocycles. The maximum atomic E-state index is 5.97. The number of rotatable bonds is 5. The number of hydrogen-bond donors (Lipinski definition) is 1. The Hall–Kier alpha value is -1.45. The maximum Gasteiger partial charge on any atom is 0.146 e. The molecule has 0 radical (unpaired) electrons. The first-order valence-electron chi connectivity index (χ1n) is 7.05. The molecule has 0 bridgehead atoms. The highest BCUT2D eigenvalue weighted by molar-refractivity contribution is 6.30. The first-order valence-corrected chi connectivity index (χ1v) is 7.43. The highest BCUT2D eigenvalue weighted by Gasteiger charge is 2.10. The normalized spacial score (nSPS) is 11.7. The minimum Gasteiger partial charge on any atom is -0.485 e. The third-order valence-corrected chi connectivity index (χ3v) is 3.27. The summed E-state index contributed by atoms with van der Waals surface area (Å²) in [5.41, 5.74) is 1.13. The van der Waals surface area contributed by atoms with Gasteiger partial charge in [0.25, 0.3) is 0 Å². The van der Waals surface area contributed by atoms with Gasteiger partial charge in [-0.1, -0.05) is 17.7 Å². The Kier molecular flexibility index (Phi) is 4.96. The van der Waals surface area contributed by atoms with Gasteiger partial charge in [-0.15, -0.1) is 0 Å². The standard InChI is InChI=1S/C17H22ClNO2/c1-12-5-6-13(18)9-16(12)20-11-15-8-7-14(21-15)10-19-17(2,3)4/h5-9,19H,10-11H2,1-4H3. The molecule has 1 aromatic heterocycles. The van der Waals surface area contributed by atoms with Crippen LogP contribution in [0.25, 0.3) is 0 Å². The van der Waals surface area contributed by atoms with Crippen LogP contribution >= 0.6 is 11.6 Å². The summed E-state index contributed by atoms with van der Waals surface area (Å²) >= 11 is 5.97. The Morgan fingerprint density at radius 1 is 1.14 bits per heavy atom. The van der Waals surface area contributed by atoms with Crippen molar-refractivity contribution in [1.82, 2.24) is 5.32 Å². The van der Waals surface area contributed by atoms with E-state index in [2.05, 4.69) is 26.1 Å². The van der Waals surface area contributed by atoms with Crippen LogP contribution in [-0.4, -0.2) is 5.54 Å². The molecule has 0 unspecified atom stereocenters. The topological polar surface area (TPSA) is 34.4 Å². The van der Waals surface area contributed by atoms with E-state index >= 15 is 0 Å². The second-order valence-electron chi connectivity index (χ2n) is 6.17. The average molecular weight is 308 g/mol. The summed E-state index contributed by atoms with van der Waals surface area (Å²) < 4.78 is 11.5. The zero-order chi connectivity index (χ0) is 15.5. The molecule has 1 aromatic carbocycles. The number of ether oxygens (including phenoxy) is 1. The number of halogens is 1. The molecular formula is C17H22ClNO2. The van der Waals surface area contributed by atoms with Gasteiger partial charge in [-0.25, -0.2) is 0 Å². The lowest BCUT2D eigenvalue weighted by molar-refractivity contribution is 0.261. The molecule has 0 amide bonds. The van der Waals surface area contributed by atoms with Crippen molar-refractivity contribution in [1.29, 1.82) is 0 Å². The van der Waals surface area contributed by atoms with E-state index in [1.807, 2.05) is 37.3 Å². The Balaban J connectivity index is 1.92. The Labute approximate surface area is 131 Å². The summed E-state index contributed by atoms with van der Waals surface area (Å²) in [4.78, 5) is 0. The van der Waals surface area contributed by atoms with Gasteiger partial charge in [0.05, 0.1) is 6.54 Å². The zero-order valence-corrected chi connectivity index (χ0v) is 13.8. The molecule has 0 saturated carbocycles. The average Bonchev–Trinajstić information content (AvgIpc) is 2.85. The predicted molar refractivity (Wildman–Crippen MR) is 85.8 cm³/mol. The lowest BCUT2D eigenvalue weighted by Crippen LogP contribution is -2.34. The van der Waals surface area contributed by atoms with Gasteiger partial charge in [0.2, 0.25) is 0 Å². The highest BCUT2D eigenvalue weighted by Crippen LogP contribution is 2.23. The van der Waals surface area contributed by atoms with Gasteiger partial charge >= 0.3 is 0 Å². The van der Waals surface area contributed by atoms with Gasteiger partial charge in [0.1, 0.15) is 23.9 Å². The smallest absolute Gasteiger partial charge is 0.146 e. The van der Waals surface area contributed by atoms with Crippen LogP contribution in [0.5, 0.6) is 5.75 Å². The number of benzene rings is 1. The molecule has 3 nitrogen and oxygen atoms in total. The molecule has 21 heavy (non-hydrogen) atoms. The van der Waals surface area contributed by atoms with E-state index in [4.69, 9.17) is 20.8 Å². The van der Waals surface area contributed by atoms with Crippen molar-refractivity contribution < 1.29 is 9.15 Å². The minimum absolute atomic E-state index is 0.0708. The quantitative estimate of drug-likeness (QED) is 0.868. The summed E-state index contributed by atoms with van der Waals surface area (Å²) in [5, 5.41) is 4.06. The van der Waals surface area contributed by atoms with Crippen molar-refractivity contribution in [3.63, 3.8) is 0 Å². The molecule has 0 fully saturated rings. The van der Waals surface area contributed by atoms with Crippen LogP contribution in [0.3, 0.4) is 0 Å². The number of aryl methyl sites for hydroxylation is 1. The molecule has 1 heterocycles. The van der Waals surface area contributed by atoms with Crippen molar-refractivity contribution in [3.8, 4) is 5.75 Å². The van der Waals surface area contributed by atoms with E-state index in [9.17, 15) is 0 Å². The fourth-order valence-electron chi connectivity index (χ4n) is 1.83. The van der Waals surface area contributed by atoms with Crippen molar-refractivity contribution in [2.24, 2.45) is 0 Å². The molecule has 0 aliphatic heterocycles. The molecule has 0 aliphatic carbocycles. The van der Waals surface area contributed by atoms with Crippen molar-refractivity contribution >= 4 is 11.6 Å². The summed E-state index contributed by atoms with van der Waals surface area (Å²) in [6, 6.07) is 9.54. The Morgan fingerprint density at radius 2 is 1.86 bits per heavy atom. The SMILES string of the molecule is Cc1ccc(Cl)cc1OCc1ccc(CNC(C)(C)C)o1. The van der Waals surface area contributed by atoms with E-state index in [-0.39, 0.29) is 5.54 Å². The molecule has 1 N–H and O–H groups in total. The van der Waals surface area contributed by atoms with Crippen LogP contribution in [0.1, 0.15) is 37.9 Å². The third kappa shape index (κ3) is 5.10. The van der Waals surface area contributed by atoms with Crippen LogP contribution in [0.2, 0.25) is 5.02 Å². The lowest BCUT2D eigenvalue weighted by Gasteiger charge is -2.19. The summed E-state index contributed by atoms with van der Waals surface area (Å²) in [7, 11) is 0. The number of hydrogen-bond acceptors (Lipinski definition) is 3. The Bertz CT molecular complexity index is 599. The minimum atomic E-state index is 0.0708. The Morgan fingerprint density at radius 3 is 2.57 bits per heavy atom. The summed E-state index contributed by atoms with van der Waals surface area (Å²) in [6.07, 6.45) is 0. The van der Waals surface area contributed by atoms with Gasteiger partial charge in [0.15, 0.2) is 0 Å².